The molecule has 2 heterocycles. The van der Waals surface area contributed by atoms with Crippen molar-refractivity contribution in [3.05, 3.63) is 64.3 Å². The Morgan fingerprint density at radius 1 is 1.36 bits per heavy atom. The Labute approximate surface area is 175 Å². The third-order valence-corrected chi connectivity index (χ3v) is 4.63. The fraction of sp³-hybridized carbons (Fsp3) is 0.250. The molecule has 0 bridgehead atoms. The fourth-order valence-corrected chi connectivity index (χ4v) is 3.07. The van der Waals surface area contributed by atoms with E-state index in [0.717, 1.165) is 16.7 Å². The Bertz CT molecular complexity index is 902. The number of nitrogens with zero attached hydrogens (tertiary/aromatic N) is 3. The van der Waals surface area contributed by atoms with Crippen LogP contribution in [0.3, 0.4) is 0 Å². The summed E-state index contributed by atoms with van der Waals surface area (Å²) >= 11 is 6.15. The lowest BCUT2D eigenvalue weighted by Crippen LogP contribution is -2.26. The van der Waals surface area contributed by atoms with Gasteiger partial charge in [-0.05, 0) is 36.4 Å². The molecule has 0 fully saturated rings. The Kier molecular flexibility index (Phi) is 7.57. The van der Waals surface area contributed by atoms with Crippen LogP contribution in [-0.4, -0.2) is 47.2 Å². The molecule has 8 heteroatoms. The third kappa shape index (κ3) is 5.55. The average Bonchev–Trinajstić information content (AvgIpc) is 2.77. The summed E-state index contributed by atoms with van der Waals surface area (Å²) in [5, 5.41) is 3.43. The van der Waals surface area contributed by atoms with E-state index < -0.39 is 0 Å². The molecule has 0 saturated carbocycles. The van der Waals surface area contributed by atoms with Crippen LogP contribution in [0.5, 0.6) is 0 Å². The number of rotatable bonds is 4. The highest BCUT2D eigenvalue weighted by Crippen LogP contribution is 2.20. The zero-order valence-electron chi connectivity index (χ0n) is 15.7. The SMILES string of the molecule is CN1CC(=O)Nc2ncc(C=CC(=O)N(C)Cc3ccccc3Cl)cc2C1.Cl. The van der Waals surface area contributed by atoms with Gasteiger partial charge in [0.1, 0.15) is 5.82 Å². The molecule has 2 amide bonds. The molecule has 1 aliphatic heterocycles. The Balaban J connectivity index is 0.00000280. The lowest BCUT2D eigenvalue weighted by Gasteiger charge is -2.16. The number of anilines is 1. The first-order valence-electron chi connectivity index (χ1n) is 8.56. The first-order valence-corrected chi connectivity index (χ1v) is 8.94. The summed E-state index contributed by atoms with van der Waals surface area (Å²) in [6, 6.07) is 9.40. The van der Waals surface area contributed by atoms with E-state index in [1.165, 1.54) is 6.08 Å². The standard InChI is InChI=1S/C20H21ClN4O2.ClH/c1-24-11-16-9-14(10-22-20(16)23-18(26)13-24)7-8-19(27)25(2)12-15-5-3-4-6-17(15)21;/h3-10H,11-13H2,1-2H3,(H,22,23,26);1H. The summed E-state index contributed by atoms with van der Waals surface area (Å²) in [7, 11) is 3.61. The second-order valence-corrected chi connectivity index (χ2v) is 7.02. The highest BCUT2D eigenvalue weighted by molar-refractivity contribution is 6.31. The number of benzene rings is 1. The number of nitrogens with one attached hydrogen (secondary N) is 1. The van der Waals surface area contributed by atoms with Gasteiger partial charge in [0.2, 0.25) is 11.8 Å². The monoisotopic (exact) mass is 420 g/mol. The molecule has 0 saturated heterocycles. The number of carbonyl (C=O) groups is 2. The molecule has 148 valence electrons. The van der Waals surface area contributed by atoms with E-state index in [1.807, 2.05) is 42.3 Å². The molecular weight excluding hydrogens is 399 g/mol. The first-order chi connectivity index (χ1) is 12.9. The summed E-state index contributed by atoms with van der Waals surface area (Å²) in [6.07, 6.45) is 4.88. The Morgan fingerprint density at radius 2 is 2.11 bits per heavy atom. The number of likely N-dealkylation sites (N-methyl/N-ethyl adjacent to an activating group) is 2. The van der Waals surface area contributed by atoms with Gasteiger partial charge >= 0.3 is 0 Å². The largest absolute Gasteiger partial charge is 0.338 e. The van der Waals surface area contributed by atoms with Gasteiger partial charge in [0.05, 0.1) is 6.54 Å². The summed E-state index contributed by atoms with van der Waals surface area (Å²) in [5.41, 5.74) is 2.62. The summed E-state index contributed by atoms with van der Waals surface area (Å²) in [6.45, 7) is 1.37. The molecule has 6 nitrogen and oxygen atoms in total. The minimum Gasteiger partial charge on any atom is -0.338 e. The van der Waals surface area contributed by atoms with Crippen LogP contribution >= 0.6 is 24.0 Å². The van der Waals surface area contributed by atoms with Crippen molar-refractivity contribution >= 4 is 47.7 Å². The summed E-state index contributed by atoms with van der Waals surface area (Å²) in [4.78, 5) is 31.9. The highest BCUT2D eigenvalue weighted by Gasteiger charge is 2.17. The smallest absolute Gasteiger partial charge is 0.246 e. The molecule has 2 aromatic rings. The quantitative estimate of drug-likeness (QED) is 0.771. The van der Waals surface area contributed by atoms with E-state index in [-0.39, 0.29) is 24.2 Å². The molecule has 0 spiro atoms. The number of hydrogen-bond donors (Lipinski definition) is 1. The fourth-order valence-electron chi connectivity index (χ4n) is 2.87. The van der Waals surface area contributed by atoms with Gasteiger partial charge in [-0.2, -0.15) is 0 Å². The van der Waals surface area contributed by atoms with Crippen molar-refractivity contribution in [3.63, 3.8) is 0 Å². The van der Waals surface area contributed by atoms with Gasteiger partial charge in [-0.1, -0.05) is 29.8 Å². The minimum atomic E-state index is -0.129. The lowest BCUT2D eigenvalue weighted by atomic mass is 10.1. The number of fused-ring (bicyclic) bond motifs is 1. The van der Waals surface area contributed by atoms with E-state index in [1.54, 1.807) is 24.2 Å². The van der Waals surface area contributed by atoms with Gasteiger partial charge in [-0.25, -0.2) is 4.98 Å². The van der Waals surface area contributed by atoms with Crippen LogP contribution in [0.4, 0.5) is 5.82 Å². The minimum absolute atomic E-state index is 0. The van der Waals surface area contributed by atoms with E-state index in [9.17, 15) is 9.59 Å². The number of aromatic nitrogens is 1. The first kappa shape index (κ1) is 21.9. The van der Waals surface area contributed by atoms with Crippen molar-refractivity contribution in [2.75, 3.05) is 26.0 Å². The number of carbonyl (C=O) groups excluding carboxylic acids is 2. The second-order valence-electron chi connectivity index (χ2n) is 6.62. The van der Waals surface area contributed by atoms with Crippen molar-refractivity contribution in [1.29, 1.82) is 0 Å². The van der Waals surface area contributed by atoms with Crippen molar-refractivity contribution < 1.29 is 9.59 Å². The second kappa shape index (κ2) is 9.68. The number of pyridine rings is 1. The molecule has 28 heavy (non-hydrogen) atoms. The molecule has 0 atom stereocenters. The van der Waals surface area contributed by atoms with E-state index in [0.29, 0.717) is 30.5 Å². The zero-order valence-corrected chi connectivity index (χ0v) is 17.3. The normalized spacial score (nSPS) is 14.0. The Morgan fingerprint density at radius 3 is 2.86 bits per heavy atom. The molecule has 0 unspecified atom stereocenters. The van der Waals surface area contributed by atoms with E-state index >= 15 is 0 Å². The van der Waals surface area contributed by atoms with Gasteiger partial charge in [0.15, 0.2) is 0 Å². The topological polar surface area (TPSA) is 65.5 Å². The molecule has 1 N–H and O–H groups in total. The van der Waals surface area contributed by atoms with Crippen molar-refractivity contribution in [1.82, 2.24) is 14.8 Å². The summed E-state index contributed by atoms with van der Waals surface area (Å²) < 4.78 is 0. The predicted octanol–water partition coefficient (Wildman–Crippen LogP) is 3.21. The number of halogens is 2. The van der Waals surface area contributed by atoms with Gasteiger partial charge < -0.3 is 10.2 Å². The molecule has 3 rings (SSSR count). The van der Waals surface area contributed by atoms with Crippen molar-refractivity contribution in [3.8, 4) is 0 Å². The van der Waals surface area contributed by atoms with Gasteiger partial charge in [-0.3, -0.25) is 14.5 Å². The molecule has 1 aromatic carbocycles. The highest BCUT2D eigenvalue weighted by atomic mass is 35.5. The zero-order chi connectivity index (χ0) is 19.4. The predicted molar refractivity (Wildman–Crippen MR) is 113 cm³/mol. The van der Waals surface area contributed by atoms with Crippen LogP contribution in [0.25, 0.3) is 6.08 Å². The van der Waals surface area contributed by atoms with Crippen LogP contribution in [0.2, 0.25) is 5.02 Å². The van der Waals surface area contributed by atoms with Crippen LogP contribution in [0.1, 0.15) is 16.7 Å². The maximum absolute atomic E-state index is 12.4. The van der Waals surface area contributed by atoms with Gasteiger partial charge in [-0.15, -0.1) is 12.4 Å². The van der Waals surface area contributed by atoms with Crippen LogP contribution in [0, 0.1) is 0 Å². The van der Waals surface area contributed by atoms with E-state index in [2.05, 4.69) is 10.3 Å². The summed E-state index contributed by atoms with van der Waals surface area (Å²) in [5.74, 6) is 0.363. The molecule has 1 aromatic heterocycles. The van der Waals surface area contributed by atoms with Gasteiger partial charge in [0.25, 0.3) is 0 Å². The molecular formula is C20H22Cl2N4O2. The third-order valence-electron chi connectivity index (χ3n) is 4.26. The van der Waals surface area contributed by atoms with Crippen molar-refractivity contribution in [2.24, 2.45) is 0 Å². The average molecular weight is 421 g/mol. The molecule has 0 radical (unpaired) electrons. The maximum Gasteiger partial charge on any atom is 0.246 e. The Hall–Kier alpha value is -2.41. The van der Waals surface area contributed by atoms with Crippen molar-refractivity contribution in [2.45, 2.75) is 13.1 Å². The maximum atomic E-state index is 12.4. The van der Waals surface area contributed by atoms with E-state index in [4.69, 9.17) is 11.6 Å². The number of amides is 2. The molecule has 1 aliphatic rings. The van der Waals surface area contributed by atoms with Crippen LogP contribution < -0.4 is 5.32 Å². The molecule has 0 aliphatic carbocycles. The van der Waals surface area contributed by atoms with Gasteiger partial charge in [0, 0.05) is 43.0 Å². The van der Waals surface area contributed by atoms with Crippen LogP contribution in [0.15, 0.2) is 42.6 Å². The number of hydrogen-bond acceptors (Lipinski definition) is 4. The van der Waals surface area contributed by atoms with Crippen LogP contribution in [-0.2, 0) is 22.7 Å². The lowest BCUT2D eigenvalue weighted by molar-refractivity contribution is -0.125.